The first-order valence-electron chi connectivity index (χ1n) is 5.90. The molecule has 0 spiro atoms. The summed E-state index contributed by atoms with van der Waals surface area (Å²) < 4.78 is 17.8. The average Bonchev–Trinajstić information content (AvgIpc) is 2.84. The van der Waals surface area contributed by atoms with E-state index in [2.05, 4.69) is 15.5 Å². The van der Waals surface area contributed by atoms with Gasteiger partial charge in [-0.3, -0.25) is 9.89 Å². The molecule has 0 bridgehead atoms. The second-order valence-corrected chi connectivity index (χ2v) is 4.60. The Kier molecular flexibility index (Phi) is 4.54. The van der Waals surface area contributed by atoms with Crippen molar-refractivity contribution in [1.29, 1.82) is 0 Å². The van der Waals surface area contributed by atoms with Crippen LogP contribution in [0.3, 0.4) is 0 Å². The number of aryl methyl sites for hydroxylation is 1. The predicted octanol–water partition coefficient (Wildman–Crippen LogP) is 2.31. The number of aromatic amines is 1. The summed E-state index contributed by atoms with van der Waals surface area (Å²) in [5.41, 5.74) is 0.841. The summed E-state index contributed by atoms with van der Waals surface area (Å²) in [7, 11) is 0. The van der Waals surface area contributed by atoms with Crippen molar-refractivity contribution >= 4 is 29.3 Å². The van der Waals surface area contributed by atoms with Gasteiger partial charge in [0.25, 0.3) is 5.91 Å². The molecule has 0 saturated heterocycles. The summed E-state index contributed by atoms with van der Waals surface area (Å²) in [6.07, 6.45) is 0. The molecule has 110 valence electrons. The molecule has 8 heteroatoms. The molecule has 0 fully saturated rings. The molecule has 1 amide bonds. The maximum Gasteiger partial charge on any atom is 0.338 e. The molecule has 0 saturated carbocycles. The van der Waals surface area contributed by atoms with Crippen LogP contribution in [0.25, 0.3) is 0 Å². The van der Waals surface area contributed by atoms with E-state index in [0.717, 1.165) is 17.8 Å². The number of carbonyl (C=O) groups excluding carboxylic acids is 2. The Morgan fingerprint density at radius 1 is 1.43 bits per heavy atom. The molecule has 0 aliphatic heterocycles. The van der Waals surface area contributed by atoms with Gasteiger partial charge in [0.15, 0.2) is 12.4 Å². The van der Waals surface area contributed by atoms with Crippen LogP contribution in [0, 0.1) is 12.7 Å². The topological polar surface area (TPSA) is 84.1 Å². The maximum absolute atomic E-state index is 13.0. The zero-order valence-electron chi connectivity index (χ0n) is 10.9. The number of nitrogens with zero attached hydrogens (tertiary/aromatic N) is 1. The second kappa shape index (κ2) is 6.36. The summed E-state index contributed by atoms with van der Waals surface area (Å²) in [6.45, 7) is 1.29. The smallest absolute Gasteiger partial charge is 0.338 e. The van der Waals surface area contributed by atoms with Gasteiger partial charge in [0.2, 0.25) is 0 Å². The molecular formula is C13H11ClFN3O3. The highest BCUT2D eigenvalue weighted by Gasteiger charge is 2.13. The Labute approximate surface area is 124 Å². The Bertz CT molecular complexity index is 687. The molecule has 0 unspecified atom stereocenters. The third-order valence-corrected chi connectivity index (χ3v) is 2.75. The van der Waals surface area contributed by atoms with Gasteiger partial charge in [0.05, 0.1) is 10.6 Å². The number of hydrogen-bond donors (Lipinski definition) is 2. The fraction of sp³-hybridized carbons (Fsp3) is 0.154. The Hall–Kier alpha value is -2.41. The van der Waals surface area contributed by atoms with Crippen LogP contribution < -0.4 is 5.32 Å². The summed E-state index contributed by atoms with van der Waals surface area (Å²) in [4.78, 5) is 23.2. The van der Waals surface area contributed by atoms with Crippen LogP contribution in [-0.4, -0.2) is 28.7 Å². The highest BCUT2D eigenvalue weighted by atomic mass is 35.5. The average molecular weight is 312 g/mol. The number of nitrogens with one attached hydrogen (secondary N) is 2. The molecule has 6 nitrogen and oxygen atoms in total. The molecule has 0 aliphatic carbocycles. The standard InChI is InChI=1S/C13H11ClFN3O3/c1-7-4-11(18-17-7)16-12(19)6-21-13(20)8-2-3-10(15)9(14)5-8/h2-5H,6H2,1H3,(H2,16,17,18,19). The Morgan fingerprint density at radius 3 is 2.81 bits per heavy atom. The minimum Gasteiger partial charge on any atom is -0.452 e. The number of carbonyl (C=O) groups is 2. The van der Waals surface area contributed by atoms with Crippen molar-refractivity contribution in [2.45, 2.75) is 6.92 Å². The monoisotopic (exact) mass is 311 g/mol. The van der Waals surface area contributed by atoms with Gasteiger partial charge >= 0.3 is 5.97 Å². The number of ether oxygens (including phenoxy) is 1. The van der Waals surface area contributed by atoms with Crippen LogP contribution in [0.5, 0.6) is 0 Å². The van der Waals surface area contributed by atoms with Crippen molar-refractivity contribution < 1.29 is 18.7 Å². The minimum absolute atomic E-state index is 0.0600. The van der Waals surface area contributed by atoms with Crippen molar-refractivity contribution in [1.82, 2.24) is 10.2 Å². The normalized spacial score (nSPS) is 10.2. The number of benzene rings is 1. The highest BCUT2D eigenvalue weighted by Crippen LogP contribution is 2.16. The zero-order valence-corrected chi connectivity index (χ0v) is 11.7. The number of aromatic nitrogens is 2. The number of rotatable bonds is 4. The van der Waals surface area contributed by atoms with Crippen LogP contribution >= 0.6 is 11.6 Å². The molecule has 1 aromatic heterocycles. The number of anilines is 1. The SMILES string of the molecule is Cc1cc(NC(=O)COC(=O)c2ccc(F)c(Cl)c2)n[nH]1. The van der Waals surface area contributed by atoms with Crippen molar-refractivity contribution in [2.24, 2.45) is 0 Å². The summed E-state index contributed by atoms with van der Waals surface area (Å²) in [5.74, 6) is -1.62. The van der Waals surface area contributed by atoms with Gasteiger partial charge < -0.3 is 10.1 Å². The molecule has 0 aliphatic rings. The first kappa shape index (κ1) is 15.0. The van der Waals surface area contributed by atoms with Gasteiger partial charge in [-0.1, -0.05) is 11.6 Å². The number of esters is 1. The van der Waals surface area contributed by atoms with Crippen LogP contribution in [0.1, 0.15) is 16.1 Å². The van der Waals surface area contributed by atoms with Gasteiger partial charge in [-0.15, -0.1) is 0 Å². The summed E-state index contributed by atoms with van der Waals surface area (Å²) >= 11 is 5.56. The van der Waals surface area contributed by atoms with Gasteiger partial charge in [-0.2, -0.15) is 5.10 Å². The van der Waals surface area contributed by atoms with E-state index in [9.17, 15) is 14.0 Å². The minimum atomic E-state index is -0.773. The number of halogens is 2. The van der Waals surface area contributed by atoms with E-state index in [-0.39, 0.29) is 10.6 Å². The lowest BCUT2D eigenvalue weighted by Crippen LogP contribution is -2.21. The zero-order chi connectivity index (χ0) is 15.4. The van der Waals surface area contributed by atoms with Gasteiger partial charge in [-0.05, 0) is 25.1 Å². The lowest BCUT2D eigenvalue weighted by atomic mass is 10.2. The van der Waals surface area contributed by atoms with E-state index in [1.165, 1.54) is 6.07 Å². The van der Waals surface area contributed by atoms with Crippen molar-refractivity contribution in [3.63, 3.8) is 0 Å². The lowest BCUT2D eigenvalue weighted by Gasteiger charge is -2.05. The second-order valence-electron chi connectivity index (χ2n) is 4.19. The van der Waals surface area contributed by atoms with E-state index < -0.39 is 24.3 Å². The lowest BCUT2D eigenvalue weighted by molar-refractivity contribution is -0.119. The molecule has 2 N–H and O–H groups in total. The Morgan fingerprint density at radius 2 is 2.19 bits per heavy atom. The Balaban J connectivity index is 1.88. The van der Waals surface area contributed by atoms with E-state index in [0.29, 0.717) is 5.82 Å². The third kappa shape index (κ3) is 4.03. The molecule has 0 atom stereocenters. The molecule has 2 rings (SSSR count). The molecule has 2 aromatic rings. The van der Waals surface area contributed by atoms with Gasteiger partial charge in [-0.25, -0.2) is 9.18 Å². The largest absolute Gasteiger partial charge is 0.452 e. The molecular weight excluding hydrogens is 301 g/mol. The first-order chi connectivity index (χ1) is 9.95. The molecule has 0 radical (unpaired) electrons. The van der Waals surface area contributed by atoms with Gasteiger partial charge in [0.1, 0.15) is 5.82 Å². The third-order valence-electron chi connectivity index (χ3n) is 2.46. The van der Waals surface area contributed by atoms with Crippen molar-refractivity contribution in [2.75, 3.05) is 11.9 Å². The highest BCUT2D eigenvalue weighted by molar-refractivity contribution is 6.31. The number of H-pyrrole nitrogens is 1. The molecule has 1 heterocycles. The number of hydrogen-bond acceptors (Lipinski definition) is 4. The van der Waals surface area contributed by atoms with E-state index in [4.69, 9.17) is 16.3 Å². The van der Waals surface area contributed by atoms with Crippen LogP contribution in [0.15, 0.2) is 24.3 Å². The van der Waals surface area contributed by atoms with E-state index in [1.807, 2.05) is 0 Å². The van der Waals surface area contributed by atoms with Crippen molar-refractivity contribution in [3.05, 3.63) is 46.4 Å². The summed E-state index contributed by atoms with van der Waals surface area (Å²) in [6, 6.07) is 5.03. The van der Waals surface area contributed by atoms with Crippen LogP contribution in [0.4, 0.5) is 10.2 Å². The van der Waals surface area contributed by atoms with Gasteiger partial charge in [0, 0.05) is 11.8 Å². The van der Waals surface area contributed by atoms with Crippen LogP contribution in [0.2, 0.25) is 5.02 Å². The van der Waals surface area contributed by atoms with Crippen molar-refractivity contribution in [3.8, 4) is 0 Å². The first-order valence-corrected chi connectivity index (χ1v) is 6.27. The van der Waals surface area contributed by atoms with E-state index >= 15 is 0 Å². The molecule has 1 aromatic carbocycles. The molecule has 21 heavy (non-hydrogen) atoms. The quantitative estimate of drug-likeness (QED) is 0.849. The maximum atomic E-state index is 13.0. The fourth-order valence-corrected chi connectivity index (χ4v) is 1.68. The summed E-state index contributed by atoms with van der Waals surface area (Å²) in [5, 5.41) is 8.71. The van der Waals surface area contributed by atoms with E-state index in [1.54, 1.807) is 13.0 Å². The predicted molar refractivity (Wildman–Crippen MR) is 73.6 cm³/mol. The fourth-order valence-electron chi connectivity index (χ4n) is 1.50. The van der Waals surface area contributed by atoms with Crippen LogP contribution in [-0.2, 0) is 9.53 Å². The number of amides is 1.